The van der Waals surface area contributed by atoms with Crippen LogP contribution in [0.4, 0.5) is 10.5 Å². The van der Waals surface area contributed by atoms with E-state index in [-0.39, 0.29) is 11.5 Å². The summed E-state index contributed by atoms with van der Waals surface area (Å²) in [5.41, 5.74) is 0.0793. The number of carbonyl (C=O) groups excluding carboxylic acids is 3. The highest BCUT2D eigenvalue weighted by Crippen LogP contribution is 2.35. The molecule has 41 heavy (non-hydrogen) atoms. The van der Waals surface area contributed by atoms with E-state index in [9.17, 15) is 19.5 Å². The van der Waals surface area contributed by atoms with Crippen LogP contribution in [0.15, 0.2) is 60.7 Å². The second-order valence-electron chi connectivity index (χ2n) is 11.8. The Morgan fingerprint density at radius 2 is 1.63 bits per heavy atom. The van der Waals surface area contributed by atoms with Crippen molar-refractivity contribution >= 4 is 47.0 Å². The van der Waals surface area contributed by atoms with Gasteiger partial charge in [0.15, 0.2) is 0 Å². The third-order valence-electron chi connectivity index (χ3n) is 6.99. The van der Waals surface area contributed by atoms with Gasteiger partial charge in [-0.05, 0) is 94.1 Å². The normalized spacial score (nSPS) is 13.3. The first-order valence-electron chi connectivity index (χ1n) is 13.7. The van der Waals surface area contributed by atoms with Crippen molar-refractivity contribution in [2.24, 2.45) is 0 Å². The lowest BCUT2D eigenvalue weighted by Crippen LogP contribution is -2.59. The summed E-state index contributed by atoms with van der Waals surface area (Å²) < 4.78 is 5.39. The molecular weight excluding hydrogens is 538 g/mol. The highest BCUT2D eigenvalue weighted by atomic mass is 32.1. The van der Waals surface area contributed by atoms with Gasteiger partial charge in [-0.3, -0.25) is 9.59 Å². The van der Waals surface area contributed by atoms with Crippen molar-refractivity contribution in [1.82, 2.24) is 10.2 Å². The molecule has 0 aliphatic rings. The van der Waals surface area contributed by atoms with Crippen LogP contribution in [0.25, 0.3) is 10.8 Å². The summed E-state index contributed by atoms with van der Waals surface area (Å²) in [5, 5.41) is 17.8. The SMILES string of the molecule is CCC(C)(C)N(C(=O)C(CS)NC(=O)OC(C)(C)C)C(C(=O)Nc1ccc2ccccc2c1)c1ccc(O)c(C)c1. The molecule has 0 spiro atoms. The fourth-order valence-corrected chi connectivity index (χ4v) is 4.74. The summed E-state index contributed by atoms with van der Waals surface area (Å²) in [6.45, 7) is 12.6. The number of alkyl carbamates (subject to hydrolysis) is 1. The fourth-order valence-electron chi connectivity index (χ4n) is 4.49. The predicted octanol–water partition coefficient (Wildman–Crippen LogP) is 6.37. The number of hydrogen-bond donors (Lipinski definition) is 4. The molecule has 8 nitrogen and oxygen atoms in total. The standard InChI is InChI=1S/C32H41N3O5S/c1-8-32(6,7)35(29(38)25(19-41)34-30(39)40-31(3,4)5)27(23-14-16-26(36)20(2)17-23)28(37)33-24-15-13-21-11-9-10-12-22(21)18-24/h9-18,25,27,36,41H,8,19H2,1-7H3,(H,33,37)(H,34,39). The van der Waals surface area contributed by atoms with E-state index in [1.165, 1.54) is 11.0 Å². The molecule has 3 aromatic carbocycles. The molecule has 2 unspecified atom stereocenters. The molecule has 0 aliphatic carbocycles. The number of anilines is 1. The third-order valence-corrected chi connectivity index (χ3v) is 7.35. The third kappa shape index (κ3) is 7.94. The molecule has 2 atom stereocenters. The van der Waals surface area contributed by atoms with E-state index in [2.05, 4.69) is 23.3 Å². The van der Waals surface area contributed by atoms with Crippen LogP contribution in [-0.4, -0.2) is 50.8 Å². The maximum Gasteiger partial charge on any atom is 0.408 e. The lowest BCUT2D eigenvalue weighted by molar-refractivity contribution is -0.147. The number of aryl methyl sites for hydroxylation is 1. The minimum atomic E-state index is -1.09. The second-order valence-corrected chi connectivity index (χ2v) is 12.1. The first-order valence-corrected chi connectivity index (χ1v) is 14.3. The molecule has 0 fully saturated rings. The summed E-state index contributed by atoms with van der Waals surface area (Å²) in [6, 6.07) is 16.1. The highest BCUT2D eigenvalue weighted by molar-refractivity contribution is 7.80. The van der Waals surface area contributed by atoms with Gasteiger partial charge in [-0.1, -0.05) is 43.3 Å². The molecule has 0 radical (unpaired) electrons. The molecule has 0 saturated carbocycles. The Balaban J connectivity index is 2.09. The molecule has 3 amide bonds. The zero-order valence-corrected chi connectivity index (χ0v) is 25.7. The molecule has 3 rings (SSSR count). The van der Waals surface area contributed by atoms with Gasteiger partial charge in [0.25, 0.3) is 5.91 Å². The number of nitrogens with zero attached hydrogens (tertiary/aromatic N) is 1. The summed E-state index contributed by atoms with van der Waals surface area (Å²) in [7, 11) is 0. The van der Waals surface area contributed by atoms with E-state index in [0.717, 1.165) is 10.8 Å². The number of ether oxygens (including phenoxy) is 1. The van der Waals surface area contributed by atoms with Gasteiger partial charge in [0.05, 0.1) is 0 Å². The second kappa shape index (κ2) is 12.9. The zero-order valence-electron chi connectivity index (χ0n) is 24.8. The maximum atomic E-state index is 14.3. The van der Waals surface area contributed by atoms with Crippen molar-refractivity contribution < 1.29 is 24.2 Å². The van der Waals surface area contributed by atoms with Crippen molar-refractivity contribution in [3.8, 4) is 5.75 Å². The Morgan fingerprint density at radius 3 is 2.22 bits per heavy atom. The van der Waals surface area contributed by atoms with Crippen LogP contribution in [0, 0.1) is 6.92 Å². The Bertz CT molecular complexity index is 1420. The molecule has 9 heteroatoms. The number of benzene rings is 3. The summed E-state index contributed by atoms with van der Waals surface area (Å²) >= 11 is 4.36. The number of nitrogens with one attached hydrogen (secondary N) is 2. The van der Waals surface area contributed by atoms with Gasteiger partial charge in [0.1, 0.15) is 23.4 Å². The number of phenols is 1. The van der Waals surface area contributed by atoms with Crippen LogP contribution in [0.2, 0.25) is 0 Å². The van der Waals surface area contributed by atoms with Crippen LogP contribution in [0.3, 0.4) is 0 Å². The van der Waals surface area contributed by atoms with Crippen LogP contribution in [0.5, 0.6) is 5.75 Å². The molecule has 3 aromatic rings. The van der Waals surface area contributed by atoms with Gasteiger partial charge in [0.2, 0.25) is 5.91 Å². The van der Waals surface area contributed by atoms with Crippen molar-refractivity contribution in [2.75, 3.05) is 11.1 Å². The zero-order chi connectivity index (χ0) is 30.5. The van der Waals surface area contributed by atoms with Crippen LogP contribution >= 0.6 is 12.6 Å². The Morgan fingerprint density at radius 1 is 0.976 bits per heavy atom. The average molecular weight is 580 g/mol. The Labute approximate surface area is 247 Å². The first-order chi connectivity index (χ1) is 19.2. The van der Waals surface area contributed by atoms with Gasteiger partial charge in [-0.15, -0.1) is 0 Å². The van der Waals surface area contributed by atoms with Gasteiger partial charge in [-0.2, -0.15) is 12.6 Å². The van der Waals surface area contributed by atoms with E-state index in [1.54, 1.807) is 39.8 Å². The van der Waals surface area contributed by atoms with E-state index < -0.39 is 41.1 Å². The van der Waals surface area contributed by atoms with Crippen molar-refractivity contribution in [2.45, 2.75) is 78.1 Å². The lowest BCUT2D eigenvalue weighted by atomic mass is 9.91. The Kier molecular flexibility index (Phi) is 9.97. The number of phenolic OH excluding ortho intramolecular Hbond substituents is 1. The minimum Gasteiger partial charge on any atom is -0.508 e. The maximum absolute atomic E-state index is 14.3. The average Bonchev–Trinajstić information content (AvgIpc) is 2.90. The molecule has 3 N–H and O–H groups in total. The van der Waals surface area contributed by atoms with E-state index in [1.807, 2.05) is 63.2 Å². The molecule has 0 aromatic heterocycles. The van der Waals surface area contributed by atoms with Gasteiger partial charge < -0.3 is 25.4 Å². The van der Waals surface area contributed by atoms with E-state index >= 15 is 0 Å². The number of amides is 3. The van der Waals surface area contributed by atoms with E-state index in [4.69, 9.17) is 4.74 Å². The minimum absolute atomic E-state index is 0.0119. The highest BCUT2D eigenvalue weighted by Gasteiger charge is 2.43. The summed E-state index contributed by atoms with van der Waals surface area (Å²) in [6.07, 6.45) is -0.238. The van der Waals surface area contributed by atoms with Crippen molar-refractivity contribution in [3.63, 3.8) is 0 Å². The van der Waals surface area contributed by atoms with Gasteiger partial charge in [0, 0.05) is 17.0 Å². The number of carbonyl (C=O) groups is 3. The number of aromatic hydroxyl groups is 1. The quantitative estimate of drug-likeness (QED) is 0.220. The Hall–Kier alpha value is -3.72. The predicted molar refractivity (Wildman–Crippen MR) is 166 cm³/mol. The molecule has 0 saturated heterocycles. The van der Waals surface area contributed by atoms with Crippen molar-refractivity contribution in [3.05, 3.63) is 71.8 Å². The number of rotatable bonds is 9. The molecule has 0 aliphatic heterocycles. The largest absolute Gasteiger partial charge is 0.508 e. The monoisotopic (exact) mass is 579 g/mol. The van der Waals surface area contributed by atoms with Crippen molar-refractivity contribution in [1.29, 1.82) is 0 Å². The smallest absolute Gasteiger partial charge is 0.408 e. The number of thiol groups is 1. The molecule has 0 bridgehead atoms. The van der Waals surface area contributed by atoms with Crippen LogP contribution < -0.4 is 10.6 Å². The lowest BCUT2D eigenvalue weighted by Gasteiger charge is -2.44. The molecule has 220 valence electrons. The number of hydrogen-bond acceptors (Lipinski definition) is 6. The van der Waals surface area contributed by atoms with Crippen LogP contribution in [0.1, 0.15) is 65.1 Å². The van der Waals surface area contributed by atoms with Gasteiger partial charge in [-0.25, -0.2) is 4.79 Å². The fraction of sp³-hybridized carbons (Fsp3) is 0.406. The van der Waals surface area contributed by atoms with E-state index in [0.29, 0.717) is 23.2 Å². The first kappa shape index (κ1) is 31.8. The number of fused-ring (bicyclic) bond motifs is 1. The molecular formula is C32H41N3O5S. The van der Waals surface area contributed by atoms with Gasteiger partial charge >= 0.3 is 6.09 Å². The van der Waals surface area contributed by atoms with Crippen LogP contribution in [-0.2, 0) is 14.3 Å². The summed E-state index contributed by atoms with van der Waals surface area (Å²) in [5.74, 6) is -0.852. The molecule has 0 heterocycles. The summed E-state index contributed by atoms with van der Waals surface area (Å²) in [4.78, 5) is 42.6. The topological polar surface area (TPSA) is 108 Å².